The minimum Gasteiger partial charge on any atom is -0.383 e. The molecule has 6 nitrogen and oxygen atoms in total. The summed E-state index contributed by atoms with van der Waals surface area (Å²) in [5, 5.41) is 0. The van der Waals surface area contributed by atoms with Crippen LogP contribution in [0, 0.1) is 5.92 Å². The third-order valence-corrected chi connectivity index (χ3v) is 5.46. The standard InChI is InChI=1S/C20H31N3O3/c1-25-14-12-22-10-6-17(7-11-22)15-23(16-19-3-2-13-26-19)20(24)18-4-8-21-9-5-18/h4-5,8-9,17,19H,2-3,6-7,10-16H2,1H3/t19-/m0/s1. The van der Waals surface area contributed by atoms with E-state index in [1.165, 1.54) is 0 Å². The van der Waals surface area contributed by atoms with Crippen LogP contribution in [0.1, 0.15) is 36.0 Å². The number of pyridine rings is 1. The Hall–Kier alpha value is -1.50. The molecule has 0 saturated carbocycles. The van der Waals surface area contributed by atoms with Crippen LogP contribution in [-0.2, 0) is 9.47 Å². The van der Waals surface area contributed by atoms with E-state index in [0.29, 0.717) is 12.5 Å². The lowest BCUT2D eigenvalue weighted by Crippen LogP contribution is -2.44. The lowest BCUT2D eigenvalue weighted by atomic mass is 9.95. The highest BCUT2D eigenvalue weighted by Crippen LogP contribution is 2.21. The molecule has 3 heterocycles. The molecule has 1 amide bonds. The monoisotopic (exact) mass is 361 g/mol. The number of nitrogens with zero attached hydrogens (tertiary/aromatic N) is 3. The molecule has 144 valence electrons. The fourth-order valence-electron chi connectivity index (χ4n) is 3.88. The van der Waals surface area contributed by atoms with Crippen LogP contribution in [0.25, 0.3) is 0 Å². The zero-order chi connectivity index (χ0) is 18.2. The van der Waals surface area contributed by atoms with Crippen LogP contribution in [0.5, 0.6) is 0 Å². The summed E-state index contributed by atoms with van der Waals surface area (Å²) < 4.78 is 11.0. The lowest BCUT2D eigenvalue weighted by Gasteiger charge is -2.35. The van der Waals surface area contributed by atoms with E-state index in [1.807, 2.05) is 4.90 Å². The van der Waals surface area contributed by atoms with E-state index in [9.17, 15) is 4.79 Å². The van der Waals surface area contributed by atoms with Crippen LogP contribution in [0.15, 0.2) is 24.5 Å². The molecule has 2 saturated heterocycles. The van der Waals surface area contributed by atoms with Crippen molar-refractivity contribution in [2.75, 3.05) is 53.0 Å². The van der Waals surface area contributed by atoms with Gasteiger partial charge in [0.25, 0.3) is 5.91 Å². The summed E-state index contributed by atoms with van der Waals surface area (Å²) in [6, 6.07) is 3.61. The Balaban J connectivity index is 1.58. The molecule has 0 unspecified atom stereocenters. The summed E-state index contributed by atoms with van der Waals surface area (Å²) in [5.41, 5.74) is 0.718. The van der Waals surface area contributed by atoms with Crippen LogP contribution < -0.4 is 0 Å². The quantitative estimate of drug-likeness (QED) is 0.709. The smallest absolute Gasteiger partial charge is 0.254 e. The second-order valence-corrected chi connectivity index (χ2v) is 7.36. The van der Waals surface area contributed by atoms with Gasteiger partial charge in [-0.3, -0.25) is 9.78 Å². The second-order valence-electron chi connectivity index (χ2n) is 7.36. The van der Waals surface area contributed by atoms with Gasteiger partial charge in [-0.1, -0.05) is 0 Å². The number of hydrogen-bond acceptors (Lipinski definition) is 5. The van der Waals surface area contributed by atoms with Crippen LogP contribution in [-0.4, -0.2) is 79.8 Å². The minimum absolute atomic E-state index is 0.102. The van der Waals surface area contributed by atoms with Crippen molar-refractivity contribution in [2.24, 2.45) is 5.92 Å². The predicted octanol–water partition coefficient (Wildman–Crippen LogP) is 2.06. The van der Waals surface area contributed by atoms with Crippen LogP contribution in [0.2, 0.25) is 0 Å². The minimum atomic E-state index is 0.102. The molecule has 2 aliphatic rings. The first-order valence-electron chi connectivity index (χ1n) is 9.78. The van der Waals surface area contributed by atoms with Crippen molar-refractivity contribution in [3.8, 4) is 0 Å². The topological polar surface area (TPSA) is 54.9 Å². The van der Waals surface area contributed by atoms with Crippen LogP contribution >= 0.6 is 0 Å². The molecule has 3 rings (SSSR count). The molecule has 26 heavy (non-hydrogen) atoms. The maximum Gasteiger partial charge on any atom is 0.254 e. The van der Waals surface area contributed by atoms with Crippen molar-refractivity contribution in [3.05, 3.63) is 30.1 Å². The second kappa shape index (κ2) is 10.00. The van der Waals surface area contributed by atoms with E-state index >= 15 is 0 Å². The maximum atomic E-state index is 13.0. The highest BCUT2D eigenvalue weighted by molar-refractivity contribution is 5.94. The van der Waals surface area contributed by atoms with Crippen molar-refractivity contribution in [3.63, 3.8) is 0 Å². The van der Waals surface area contributed by atoms with Gasteiger partial charge in [0.05, 0.1) is 12.7 Å². The van der Waals surface area contributed by atoms with Gasteiger partial charge in [0.2, 0.25) is 0 Å². The van der Waals surface area contributed by atoms with Crippen molar-refractivity contribution in [1.29, 1.82) is 0 Å². The Morgan fingerprint density at radius 1 is 1.27 bits per heavy atom. The molecule has 0 radical (unpaired) electrons. The molecule has 0 bridgehead atoms. The summed E-state index contributed by atoms with van der Waals surface area (Å²) >= 11 is 0. The SMILES string of the molecule is COCCN1CCC(CN(C[C@@H]2CCCO2)C(=O)c2ccncc2)CC1. The van der Waals surface area contributed by atoms with E-state index in [4.69, 9.17) is 9.47 Å². The van der Waals surface area contributed by atoms with Gasteiger partial charge in [0.1, 0.15) is 0 Å². The largest absolute Gasteiger partial charge is 0.383 e. The molecule has 0 spiro atoms. The molecule has 6 heteroatoms. The normalized spacial score (nSPS) is 21.8. The van der Waals surface area contributed by atoms with Gasteiger partial charge < -0.3 is 19.3 Å². The van der Waals surface area contributed by atoms with Crippen LogP contribution in [0.3, 0.4) is 0 Å². The lowest BCUT2D eigenvalue weighted by molar-refractivity contribution is 0.0437. The summed E-state index contributed by atoms with van der Waals surface area (Å²) in [4.78, 5) is 21.5. The number of methoxy groups -OCH3 is 1. The molecule has 1 aromatic rings. The van der Waals surface area contributed by atoms with Crippen molar-refractivity contribution >= 4 is 5.91 Å². The van der Waals surface area contributed by atoms with E-state index in [0.717, 1.165) is 70.6 Å². The Kier molecular flexibility index (Phi) is 7.41. The Bertz CT molecular complexity index is 540. The van der Waals surface area contributed by atoms with Gasteiger partial charge in [0, 0.05) is 51.3 Å². The Labute approximate surface area is 156 Å². The number of hydrogen-bond donors (Lipinski definition) is 0. The maximum absolute atomic E-state index is 13.0. The van der Waals surface area contributed by atoms with Gasteiger partial charge in [-0.2, -0.15) is 0 Å². The van der Waals surface area contributed by atoms with E-state index in [1.54, 1.807) is 31.6 Å². The molecule has 0 N–H and O–H groups in total. The van der Waals surface area contributed by atoms with E-state index in [-0.39, 0.29) is 12.0 Å². The van der Waals surface area contributed by atoms with Crippen molar-refractivity contribution in [2.45, 2.75) is 31.8 Å². The fourth-order valence-corrected chi connectivity index (χ4v) is 3.88. The summed E-state index contributed by atoms with van der Waals surface area (Å²) in [5.74, 6) is 0.658. The van der Waals surface area contributed by atoms with E-state index in [2.05, 4.69) is 9.88 Å². The number of ether oxygens (including phenoxy) is 2. The molecule has 1 aromatic heterocycles. The average molecular weight is 361 g/mol. The third-order valence-electron chi connectivity index (χ3n) is 5.46. The average Bonchev–Trinajstić information content (AvgIpc) is 3.20. The Morgan fingerprint density at radius 3 is 2.69 bits per heavy atom. The van der Waals surface area contributed by atoms with Gasteiger partial charge in [-0.25, -0.2) is 0 Å². The number of piperidine rings is 1. The summed E-state index contributed by atoms with van der Waals surface area (Å²) in [6.07, 6.45) is 7.97. The number of carbonyl (C=O) groups is 1. The summed E-state index contributed by atoms with van der Waals surface area (Å²) in [7, 11) is 1.75. The highest BCUT2D eigenvalue weighted by atomic mass is 16.5. The number of aromatic nitrogens is 1. The van der Waals surface area contributed by atoms with Crippen molar-refractivity contribution < 1.29 is 14.3 Å². The van der Waals surface area contributed by atoms with E-state index < -0.39 is 0 Å². The summed E-state index contributed by atoms with van der Waals surface area (Å²) in [6.45, 7) is 6.30. The van der Waals surface area contributed by atoms with Gasteiger partial charge >= 0.3 is 0 Å². The number of amides is 1. The zero-order valence-electron chi connectivity index (χ0n) is 15.8. The van der Waals surface area contributed by atoms with Gasteiger partial charge in [-0.05, 0) is 56.8 Å². The number of carbonyl (C=O) groups excluding carboxylic acids is 1. The first kappa shape index (κ1) is 19.3. The molecular formula is C20H31N3O3. The molecule has 2 fully saturated rings. The van der Waals surface area contributed by atoms with Crippen molar-refractivity contribution in [1.82, 2.24) is 14.8 Å². The number of rotatable bonds is 8. The first-order valence-corrected chi connectivity index (χ1v) is 9.78. The van der Waals surface area contributed by atoms with Crippen LogP contribution in [0.4, 0.5) is 0 Å². The van der Waals surface area contributed by atoms with Gasteiger partial charge in [0.15, 0.2) is 0 Å². The highest BCUT2D eigenvalue weighted by Gasteiger charge is 2.27. The Morgan fingerprint density at radius 2 is 2.04 bits per heavy atom. The molecule has 0 aromatic carbocycles. The zero-order valence-corrected chi connectivity index (χ0v) is 15.8. The molecule has 0 aliphatic carbocycles. The predicted molar refractivity (Wildman–Crippen MR) is 100 cm³/mol. The molecular weight excluding hydrogens is 330 g/mol. The van der Waals surface area contributed by atoms with Gasteiger partial charge in [-0.15, -0.1) is 0 Å². The molecule has 2 aliphatic heterocycles. The third kappa shape index (κ3) is 5.50. The molecule has 1 atom stereocenters. The first-order chi connectivity index (χ1) is 12.8. The fraction of sp³-hybridized carbons (Fsp3) is 0.700. The number of likely N-dealkylation sites (tertiary alicyclic amines) is 1.